The Hall–Kier alpha value is -2.27. The number of ether oxygens (including phenoxy) is 1. The third kappa shape index (κ3) is 5.14. The van der Waals surface area contributed by atoms with Gasteiger partial charge in [0.2, 0.25) is 5.91 Å². The van der Waals surface area contributed by atoms with Gasteiger partial charge in [0, 0.05) is 24.0 Å². The Morgan fingerprint density at radius 2 is 1.87 bits per heavy atom. The Kier molecular flexibility index (Phi) is 6.23. The van der Waals surface area contributed by atoms with Gasteiger partial charge in [0.25, 0.3) is 0 Å². The minimum absolute atomic E-state index is 0.123. The molecule has 0 aliphatic heterocycles. The Morgan fingerprint density at radius 3 is 2.48 bits per heavy atom. The molecule has 0 saturated carbocycles. The number of hydrogen-bond acceptors (Lipinski definition) is 3. The van der Waals surface area contributed by atoms with E-state index in [4.69, 9.17) is 11.6 Å². The molecule has 0 spiro atoms. The first-order valence-corrected chi connectivity index (χ1v) is 7.69. The molecule has 23 heavy (non-hydrogen) atoms. The van der Waals surface area contributed by atoms with Gasteiger partial charge in [-0.1, -0.05) is 23.7 Å². The van der Waals surface area contributed by atoms with Crippen LogP contribution in [0.15, 0.2) is 48.8 Å². The third-order valence-corrected chi connectivity index (χ3v) is 3.75. The van der Waals surface area contributed by atoms with Gasteiger partial charge in [-0.25, -0.2) is 0 Å². The highest BCUT2D eigenvalue weighted by Crippen LogP contribution is 2.23. The molecular weight excluding hydrogens is 316 g/mol. The molecule has 2 aromatic rings. The summed E-state index contributed by atoms with van der Waals surface area (Å²) >= 11 is 5.93. The van der Waals surface area contributed by atoms with Gasteiger partial charge in [-0.15, -0.1) is 0 Å². The number of benzene rings is 1. The van der Waals surface area contributed by atoms with Crippen LogP contribution in [0.1, 0.15) is 24.4 Å². The maximum absolute atomic E-state index is 12.2. The topological polar surface area (TPSA) is 60.3 Å². The van der Waals surface area contributed by atoms with Crippen molar-refractivity contribution in [2.45, 2.75) is 18.9 Å². The Labute approximate surface area is 140 Å². The number of aromatic nitrogens is 1. The van der Waals surface area contributed by atoms with Crippen LogP contribution in [0.3, 0.4) is 0 Å². The highest BCUT2D eigenvalue weighted by atomic mass is 35.5. The van der Waals surface area contributed by atoms with E-state index in [2.05, 4.69) is 10.1 Å². The quantitative estimate of drug-likeness (QED) is 0.792. The number of carbonyl (C=O) groups excluding carboxylic acids is 2. The first kappa shape index (κ1) is 17.1. The van der Waals surface area contributed by atoms with Crippen LogP contribution in [0.5, 0.6) is 0 Å². The van der Waals surface area contributed by atoms with Crippen LogP contribution in [-0.4, -0.2) is 30.1 Å². The summed E-state index contributed by atoms with van der Waals surface area (Å²) in [5.41, 5.74) is 0.994. The van der Waals surface area contributed by atoms with E-state index in [9.17, 15) is 9.59 Å². The lowest BCUT2D eigenvalue weighted by atomic mass is 10.0. The molecular formula is C17H19ClN2O3. The zero-order chi connectivity index (χ0) is 16.7. The fourth-order valence-electron chi connectivity index (χ4n) is 2.29. The lowest BCUT2D eigenvalue weighted by Gasteiger charge is -2.19. The van der Waals surface area contributed by atoms with Crippen molar-refractivity contribution in [3.8, 4) is 0 Å². The van der Waals surface area contributed by atoms with Gasteiger partial charge in [0.05, 0.1) is 26.0 Å². The summed E-state index contributed by atoms with van der Waals surface area (Å²) in [6, 6.07) is 11.1. The summed E-state index contributed by atoms with van der Waals surface area (Å²) in [7, 11) is 1.33. The minimum Gasteiger partial charge on any atom is -0.469 e. The molecule has 1 atom stereocenters. The molecule has 1 heterocycles. The predicted octanol–water partition coefficient (Wildman–Crippen LogP) is 2.80. The number of rotatable bonds is 7. The molecule has 1 aromatic carbocycles. The standard InChI is InChI=1S/C17H19ClN2O3/c1-23-17(22)8-9-19-16(21)12-15(20-10-2-3-11-20)13-4-6-14(18)7-5-13/h2-7,10-11,15H,8-9,12H2,1H3,(H,19,21)/t15-/m1/s1. The van der Waals surface area contributed by atoms with Gasteiger partial charge in [-0.3, -0.25) is 9.59 Å². The smallest absolute Gasteiger partial charge is 0.307 e. The van der Waals surface area contributed by atoms with Gasteiger partial charge in [0.1, 0.15) is 0 Å². The van der Waals surface area contributed by atoms with E-state index in [0.717, 1.165) is 5.56 Å². The third-order valence-electron chi connectivity index (χ3n) is 3.50. The van der Waals surface area contributed by atoms with Gasteiger partial charge >= 0.3 is 5.97 Å². The number of esters is 1. The molecule has 0 aliphatic carbocycles. The maximum atomic E-state index is 12.2. The normalized spacial score (nSPS) is 11.7. The number of nitrogens with one attached hydrogen (secondary N) is 1. The van der Waals surface area contributed by atoms with Crippen molar-refractivity contribution in [1.82, 2.24) is 9.88 Å². The first-order valence-electron chi connectivity index (χ1n) is 7.31. The minimum atomic E-state index is -0.343. The van der Waals surface area contributed by atoms with E-state index < -0.39 is 0 Å². The number of halogens is 1. The SMILES string of the molecule is COC(=O)CCNC(=O)C[C@H](c1ccc(Cl)cc1)n1cccc1. The van der Waals surface area contributed by atoms with Crippen molar-refractivity contribution < 1.29 is 14.3 Å². The van der Waals surface area contributed by atoms with Crippen molar-refractivity contribution in [2.24, 2.45) is 0 Å². The molecule has 2 rings (SSSR count). The molecule has 5 nitrogen and oxygen atoms in total. The van der Waals surface area contributed by atoms with Crippen LogP contribution in [0, 0.1) is 0 Å². The lowest BCUT2D eigenvalue weighted by molar-refractivity contribution is -0.140. The highest BCUT2D eigenvalue weighted by molar-refractivity contribution is 6.30. The second kappa shape index (κ2) is 8.39. The van der Waals surface area contributed by atoms with Gasteiger partial charge in [0.15, 0.2) is 0 Å². The van der Waals surface area contributed by atoms with Crippen LogP contribution in [0.4, 0.5) is 0 Å². The molecule has 122 valence electrons. The van der Waals surface area contributed by atoms with Crippen molar-refractivity contribution in [3.63, 3.8) is 0 Å². The van der Waals surface area contributed by atoms with E-state index in [-0.39, 0.29) is 37.3 Å². The van der Waals surface area contributed by atoms with Gasteiger partial charge < -0.3 is 14.6 Å². The lowest BCUT2D eigenvalue weighted by Crippen LogP contribution is -2.29. The fourth-order valence-corrected chi connectivity index (χ4v) is 2.42. The second-order valence-corrected chi connectivity index (χ2v) is 5.51. The Morgan fingerprint density at radius 1 is 1.22 bits per heavy atom. The number of methoxy groups -OCH3 is 1. The molecule has 6 heteroatoms. The van der Waals surface area contributed by atoms with Gasteiger partial charge in [-0.05, 0) is 29.8 Å². The number of carbonyl (C=O) groups is 2. The average Bonchev–Trinajstić information content (AvgIpc) is 3.07. The Balaban J connectivity index is 2.02. The molecule has 1 amide bonds. The summed E-state index contributed by atoms with van der Waals surface area (Å²) < 4.78 is 6.52. The van der Waals surface area contributed by atoms with Gasteiger partial charge in [-0.2, -0.15) is 0 Å². The molecule has 0 fully saturated rings. The Bertz CT molecular complexity index is 638. The van der Waals surface area contributed by atoms with E-state index in [1.807, 2.05) is 53.4 Å². The molecule has 0 aliphatic rings. The van der Waals surface area contributed by atoms with Crippen LogP contribution in [-0.2, 0) is 14.3 Å². The molecule has 0 radical (unpaired) electrons. The number of hydrogen-bond donors (Lipinski definition) is 1. The van der Waals surface area contributed by atoms with Crippen LogP contribution in [0.2, 0.25) is 5.02 Å². The second-order valence-electron chi connectivity index (χ2n) is 5.08. The number of nitrogens with zero attached hydrogens (tertiary/aromatic N) is 1. The zero-order valence-corrected chi connectivity index (χ0v) is 13.6. The van der Waals surface area contributed by atoms with Crippen LogP contribution in [0.25, 0.3) is 0 Å². The molecule has 0 unspecified atom stereocenters. The molecule has 0 bridgehead atoms. The zero-order valence-electron chi connectivity index (χ0n) is 12.9. The summed E-state index contributed by atoms with van der Waals surface area (Å²) in [5.74, 6) is -0.465. The maximum Gasteiger partial charge on any atom is 0.307 e. The van der Waals surface area contributed by atoms with E-state index in [0.29, 0.717) is 5.02 Å². The molecule has 0 saturated heterocycles. The van der Waals surface area contributed by atoms with E-state index in [1.165, 1.54) is 7.11 Å². The van der Waals surface area contributed by atoms with E-state index in [1.54, 1.807) is 0 Å². The predicted molar refractivity (Wildman–Crippen MR) is 88.3 cm³/mol. The molecule has 1 aromatic heterocycles. The molecule has 1 N–H and O–H groups in total. The monoisotopic (exact) mass is 334 g/mol. The highest BCUT2D eigenvalue weighted by Gasteiger charge is 2.17. The fraction of sp³-hybridized carbons (Fsp3) is 0.294. The summed E-state index contributed by atoms with van der Waals surface area (Å²) in [4.78, 5) is 23.2. The summed E-state index contributed by atoms with van der Waals surface area (Å²) in [5, 5.41) is 3.40. The van der Waals surface area contributed by atoms with Crippen LogP contribution < -0.4 is 5.32 Å². The average molecular weight is 335 g/mol. The van der Waals surface area contributed by atoms with Crippen molar-refractivity contribution in [1.29, 1.82) is 0 Å². The summed E-state index contributed by atoms with van der Waals surface area (Å²) in [6.45, 7) is 0.268. The van der Waals surface area contributed by atoms with Crippen molar-refractivity contribution in [2.75, 3.05) is 13.7 Å². The van der Waals surface area contributed by atoms with Crippen LogP contribution >= 0.6 is 11.6 Å². The van der Waals surface area contributed by atoms with E-state index >= 15 is 0 Å². The van der Waals surface area contributed by atoms with Crippen molar-refractivity contribution in [3.05, 3.63) is 59.4 Å². The summed E-state index contributed by atoms with van der Waals surface area (Å²) in [6.07, 6.45) is 4.27. The van der Waals surface area contributed by atoms with Crippen molar-refractivity contribution >= 4 is 23.5 Å². The first-order chi connectivity index (χ1) is 11.1. The largest absolute Gasteiger partial charge is 0.469 e. The number of amides is 1.